The van der Waals surface area contributed by atoms with Gasteiger partial charge in [-0.25, -0.2) is 0 Å². The van der Waals surface area contributed by atoms with Gasteiger partial charge >= 0.3 is 0 Å². The molecule has 2 rings (SSSR count). The number of ether oxygens (including phenoxy) is 1. The normalized spacial score (nSPS) is 51.4. The number of aliphatic hydroxyl groups is 1. The lowest BCUT2D eigenvalue weighted by Crippen LogP contribution is -2.10. The minimum absolute atomic E-state index is 0.255. The topological polar surface area (TPSA) is 32.5 Å². The summed E-state index contributed by atoms with van der Waals surface area (Å²) in [6.07, 6.45) is 0.278. The minimum Gasteiger partial charge on any atom is -0.395 e. The molecule has 0 saturated carbocycles. The van der Waals surface area contributed by atoms with Gasteiger partial charge < -0.3 is 9.84 Å². The Balaban J connectivity index is 1.94. The van der Waals surface area contributed by atoms with E-state index in [-0.39, 0.29) is 12.8 Å². The average molecular weight is 115 g/mol. The molecule has 46 valence electrons. The van der Waals surface area contributed by atoms with Crippen molar-refractivity contribution in [3.63, 3.8) is 0 Å². The van der Waals surface area contributed by atoms with Gasteiger partial charge in [-0.15, -0.1) is 0 Å². The maximum Gasteiger partial charge on any atom is 0.129 e. The predicted octanol–water partition coefficient (Wildman–Crippen LogP) is -0.981. The second-order valence-electron chi connectivity index (χ2n) is 2.25. The van der Waals surface area contributed by atoms with E-state index in [1.54, 1.807) is 0 Å². The summed E-state index contributed by atoms with van der Waals surface area (Å²) in [5, 5.41) is 8.59. The highest BCUT2D eigenvalue weighted by Gasteiger charge is 2.51. The number of fused-ring (bicyclic) bond motifs is 1. The molecule has 2 unspecified atom stereocenters. The fourth-order valence-corrected chi connectivity index (χ4v) is 1.28. The van der Waals surface area contributed by atoms with Crippen molar-refractivity contribution in [1.82, 2.24) is 4.90 Å². The fraction of sp³-hybridized carbons (Fsp3) is 1.00. The van der Waals surface area contributed by atoms with Gasteiger partial charge in [-0.05, 0) is 0 Å². The molecule has 3 atom stereocenters. The van der Waals surface area contributed by atoms with E-state index >= 15 is 0 Å². The second kappa shape index (κ2) is 1.43. The van der Waals surface area contributed by atoms with Crippen LogP contribution in [0, 0.1) is 0 Å². The van der Waals surface area contributed by atoms with E-state index in [0.29, 0.717) is 6.04 Å². The maximum absolute atomic E-state index is 8.59. The molecule has 0 spiro atoms. The lowest BCUT2D eigenvalue weighted by molar-refractivity contribution is 0.139. The van der Waals surface area contributed by atoms with Gasteiger partial charge in [0.25, 0.3) is 0 Å². The molecule has 0 bridgehead atoms. The summed E-state index contributed by atoms with van der Waals surface area (Å²) >= 11 is 0. The zero-order valence-corrected chi connectivity index (χ0v) is 4.58. The number of morpholine rings is 1. The van der Waals surface area contributed by atoms with Crippen LogP contribution < -0.4 is 0 Å². The van der Waals surface area contributed by atoms with Crippen molar-refractivity contribution in [3.05, 3.63) is 0 Å². The Morgan fingerprint density at radius 1 is 1.75 bits per heavy atom. The van der Waals surface area contributed by atoms with Crippen LogP contribution >= 0.6 is 0 Å². The smallest absolute Gasteiger partial charge is 0.129 e. The monoisotopic (exact) mass is 115 g/mol. The van der Waals surface area contributed by atoms with Crippen LogP contribution in [-0.4, -0.2) is 42.0 Å². The van der Waals surface area contributed by atoms with Crippen LogP contribution in [0.5, 0.6) is 0 Å². The molecule has 0 aromatic heterocycles. The molecular weight excluding hydrogens is 106 g/mol. The van der Waals surface area contributed by atoms with Gasteiger partial charge in [0.2, 0.25) is 0 Å². The Bertz CT molecular complexity index is 89.8. The molecule has 1 N–H and O–H groups in total. The van der Waals surface area contributed by atoms with Crippen LogP contribution in [0.4, 0.5) is 0 Å². The summed E-state index contributed by atoms with van der Waals surface area (Å²) in [5.74, 6) is 0. The summed E-state index contributed by atoms with van der Waals surface area (Å²) in [6.45, 7) is 2.11. The standard InChI is InChI=1S/C5H9NO2/c7-3-4-5-6(4)1-2-8-5/h4-5,7H,1-3H2/t4-,5?,6?/m0/s1. The summed E-state index contributed by atoms with van der Waals surface area (Å²) in [6, 6.07) is 0.337. The summed E-state index contributed by atoms with van der Waals surface area (Å²) in [4.78, 5) is 2.15. The first-order valence-corrected chi connectivity index (χ1v) is 2.91. The van der Waals surface area contributed by atoms with E-state index in [2.05, 4.69) is 4.90 Å². The van der Waals surface area contributed by atoms with Crippen LogP contribution in [-0.2, 0) is 4.74 Å². The van der Waals surface area contributed by atoms with Gasteiger partial charge in [0.15, 0.2) is 0 Å². The third-order valence-corrected chi connectivity index (χ3v) is 1.82. The van der Waals surface area contributed by atoms with Crippen molar-refractivity contribution in [1.29, 1.82) is 0 Å². The second-order valence-corrected chi connectivity index (χ2v) is 2.25. The molecule has 2 aliphatic heterocycles. The molecule has 0 radical (unpaired) electrons. The lowest BCUT2D eigenvalue weighted by atomic mass is 10.5. The minimum atomic E-state index is 0.255. The van der Waals surface area contributed by atoms with Crippen LogP contribution in [0.2, 0.25) is 0 Å². The van der Waals surface area contributed by atoms with Crippen LogP contribution in [0.15, 0.2) is 0 Å². The molecule has 8 heavy (non-hydrogen) atoms. The highest BCUT2D eigenvalue weighted by Crippen LogP contribution is 2.32. The number of rotatable bonds is 1. The molecule has 0 aromatic rings. The van der Waals surface area contributed by atoms with Gasteiger partial charge in [-0.3, -0.25) is 4.90 Å². The van der Waals surface area contributed by atoms with E-state index in [0.717, 1.165) is 13.2 Å². The number of hydrogen-bond donors (Lipinski definition) is 1. The largest absolute Gasteiger partial charge is 0.395 e. The van der Waals surface area contributed by atoms with Crippen molar-refractivity contribution in [3.8, 4) is 0 Å². The summed E-state index contributed by atoms with van der Waals surface area (Å²) in [5.41, 5.74) is 0. The Hall–Kier alpha value is -0.120. The van der Waals surface area contributed by atoms with Crippen molar-refractivity contribution in [2.45, 2.75) is 12.3 Å². The molecule has 0 amide bonds. The summed E-state index contributed by atoms with van der Waals surface area (Å²) in [7, 11) is 0. The van der Waals surface area contributed by atoms with Crippen molar-refractivity contribution in [2.75, 3.05) is 19.8 Å². The third kappa shape index (κ3) is 0.438. The molecule has 2 saturated heterocycles. The highest BCUT2D eigenvalue weighted by molar-refractivity contribution is 4.98. The highest BCUT2D eigenvalue weighted by atomic mass is 16.5. The number of nitrogens with zero attached hydrogens (tertiary/aromatic N) is 1. The third-order valence-electron chi connectivity index (χ3n) is 1.82. The van der Waals surface area contributed by atoms with Crippen LogP contribution in [0.3, 0.4) is 0 Å². The first-order valence-electron chi connectivity index (χ1n) is 2.91. The molecule has 0 aliphatic carbocycles. The van der Waals surface area contributed by atoms with Gasteiger partial charge in [0.05, 0.1) is 19.3 Å². The first-order chi connectivity index (χ1) is 3.93. The van der Waals surface area contributed by atoms with Gasteiger partial charge in [-0.2, -0.15) is 0 Å². The first kappa shape index (κ1) is 4.73. The molecule has 2 fully saturated rings. The van der Waals surface area contributed by atoms with Crippen molar-refractivity contribution in [2.24, 2.45) is 0 Å². The van der Waals surface area contributed by atoms with E-state index in [9.17, 15) is 0 Å². The van der Waals surface area contributed by atoms with Gasteiger partial charge in [-0.1, -0.05) is 0 Å². The predicted molar refractivity (Wildman–Crippen MR) is 27.3 cm³/mol. The zero-order chi connectivity index (χ0) is 5.56. The average Bonchev–Trinajstić information content (AvgIpc) is 2.22. The van der Waals surface area contributed by atoms with E-state index in [1.807, 2.05) is 0 Å². The van der Waals surface area contributed by atoms with Crippen molar-refractivity contribution < 1.29 is 9.84 Å². The fourth-order valence-electron chi connectivity index (χ4n) is 1.28. The van der Waals surface area contributed by atoms with E-state index in [4.69, 9.17) is 9.84 Å². The Morgan fingerprint density at radius 2 is 2.62 bits per heavy atom. The van der Waals surface area contributed by atoms with E-state index in [1.165, 1.54) is 0 Å². The summed E-state index contributed by atoms with van der Waals surface area (Å²) < 4.78 is 5.20. The Morgan fingerprint density at radius 3 is 3.00 bits per heavy atom. The number of hydrogen-bond acceptors (Lipinski definition) is 3. The molecular formula is C5H9NO2. The van der Waals surface area contributed by atoms with Crippen LogP contribution in [0.25, 0.3) is 0 Å². The van der Waals surface area contributed by atoms with Gasteiger partial charge in [0.1, 0.15) is 6.23 Å². The lowest BCUT2D eigenvalue weighted by Gasteiger charge is -1.94. The van der Waals surface area contributed by atoms with Crippen LogP contribution in [0.1, 0.15) is 0 Å². The van der Waals surface area contributed by atoms with Crippen molar-refractivity contribution >= 4 is 0 Å². The number of aliphatic hydroxyl groups excluding tert-OH is 1. The SMILES string of the molecule is OC[C@H]1C2OCCN21. The molecule has 3 heteroatoms. The van der Waals surface area contributed by atoms with Gasteiger partial charge in [0, 0.05) is 6.54 Å². The maximum atomic E-state index is 8.59. The molecule has 3 nitrogen and oxygen atoms in total. The molecule has 2 heterocycles. The Kier molecular flexibility index (Phi) is 0.848. The molecule has 2 aliphatic rings. The quantitative estimate of drug-likeness (QED) is 0.446. The molecule has 0 aromatic carbocycles. The Labute approximate surface area is 47.9 Å². The zero-order valence-electron chi connectivity index (χ0n) is 4.58. The van der Waals surface area contributed by atoms with E-state index < -0.39 is 0 Å².